The number of hydrogen-bond acceptors (Lipinski definition) is 3. The maximum absolute atomic E-state index is 13.5. The van der Waals surface area contributed by atoms with E-state index >= 15 is 0 Å². The first-order valence-corrected chi connectivity index (χ1v) is 5.77. The van der Waals surface area contributed by atoms with Gasteiger partial charge in [0.2, 0.25) is 5.82 Å². The summed E-state index contributed by atoms with van der Waals surface area (Å²) in [6, 6.07) is 2.64. The average molecular weight is 242 g/mol. The lowest BCUT2D eigenvalue weighted by Gasteiger charge is -2.27. The zero-order valence-corrected chi connectivity index (χ0v) is 9.55. The van der Waals surface area contributed by atoms with Gasteiger partial charge in [-0.25, -0.2) is 4.39 Å². The third-order valence-corrected chi connectivity index (χ3v) is 3.05. The Balaban J connectivity index is 1.96. The Morgan fingerprint density at radius 3 is 2.59 bits per heavy atom. The molecule has 1 saturated heterocycles. The van der Waals surface area contributed by atoms with E-state index in [0.717, 1.165) is 26.2 Å². The number of halogens is 2. The van der Waals surface area contributed by atoms with Gasteiger partial charge in [-0.2, -0.15) is 4.39 Å². The lowest BCUT2D eigenvalue weighted by atomic mass is 10.1. The molecule has 0 radical (unpaired) electrons. The summed E-state index contributed by atoms with van der Waals surface area (Å²) in [5, 5.41) is 12.2. The van der Waals surface area contributed by atoms with Gasteiger partial charge >= 0.3 is 0 Å². The zero-order chi connectivity index (χ0) is 12.3. The van der Waals surface area contributed by atoms with Gasteiger partial charge < -0.3 is 15.3 Å². The molecule has 0 atom stereocenters. The topological polar surface area (TPSA) is 35.5 Å². The largest absolute Gasteiger partial charge is 0.505 e. The standard InChI is InChI=1S/C12H16F2N2O/c13-11-9(1-2-10(17)12(11)14)3-6-16-7-4-15-5-8-16/h1-2,15,17H,3-8H2. The minimum Gasteiger partial charge on any atom is -0.505 e. The van der Waals surface area contributed by atoms with Gasteiger partial charge in [0.1, 0.15) is 0 Å². The number of phenolic OH excluding ortho intramolecular Hbond substituents is 1. The molecule has 3 nitrogen and oxygen atoms in total. The molecule has 1 aliphatic rings. The Morgan fingerprint density at radius 2 is 1.88 bits per heavy atom. The Hall–Kier alpha value is -1.20. The minimum atomic E-state index is -1.15. The number of phenols is 1. The molecule has 0 bridgehead atoms. The van der Waals surface area contributed by atoms with E-state index in [1.165, 1.54) is 12.1 Å². The van der Waals surface area contributed by atoms with Crippen molar-refractivity contribution in [2.45, 2.75) is 6.42 Å². The second-order valence-corrected chi connectivity index (χ2v) is 4.21. The molecule has 0 aromatic heterocycles. The first kappa shape index (κ1) is 12.3. The number of benzene rings is 1. The van der Waals surface area contributed by atoms with Crippen molar-refractivity contribution in [3.8, 4) is 5.75 Å². The van der Waals surface area contributed by atoms with Crippen molar-refractivity contribution < 1.29 is 13.9 Å². The van der Waals surface area contributed by atoms with E-state index < -0.39 is 17.4 Å². The third-order valence-electron chi connectivity index (χ3n) is 3.05. The minimum absolute atomic E-state index is 0.318. The van der Waals surface area contributed by atoms with Crippen molar-refractivity contribution in [1.29, 1.82) is 0 Å². The van der Waals surface area contributed by atoms with E-state index in [2.05, 4.69) is 10.2 Å². The number of nitrogens with one attached hydrogen (secondary N) is 1. The molecule has 0 amide bonds. The Kier molecular flexibility index (Phi) is 3.91. The highest BCUT2D eigenvalue weighted by Gasteiger charge is 2.14. The summed E-state index contributed by atoms with van der Waals surface area (Å²) in [5.41, 5.74) is 0.318. The van der Waals surface area contributed by atoms with Crippen LogP contribution >= 0.6 is 0 Å². The zero-order valence-electron chi connectivity index (χ0n) is 9.55. The normalized spacial score (nSPS) is 17.3. The van der Waals surface area contributed by atoms with Crippen molar-refractivity contribution in [3.63, 3.8) is 0 Å². The number of hydrogen-bond donors (Lipinski definition) is 2. The monoisotopic (exact) mass is 242 g/mol. The Morgan fingerprint density at radius 1 is 1.18 bits per heavy atom. The second kappa shape index (κ2) is 5.42. The SMILES string of the molecule is Oc1ccc(CCN2CCNCC2)c(F)c1F. The van der Waals surface area contributed by atoms with Gasteiger partial charge in [0.25, 0.3) is 0 Å². The highest BCUT2D eigenvalue weighted by molar-refractivity contribution is 5.30. The maximum atomic E-state index is 13.5. The smallest absolute Gasteiger partial charge is 0.200 e. The fraction of sp³-hybridized carbons (Fsp3) is 0.500. The average Bonchev–Trinajstić information content (AvgIpc) is 2.36. The van der Waals surface area contributed by atoms with Gasteiger partial charge in [-0.3, -0.25) is 0 Å². The van der Waals surface area contributed by atoms with Crippen LogP contribution in [-0.2, 0) is 6.42 Å². The maximum Gasteiger partial charge on any atom is 0.200 e. The van der Waals surface area contributed by atoms with E-state index in [1.54, 1.807) is 0 Å². The van der Waals surface area contributed by atoms with Crippen LogP contribution in [0, 0.1) is 11.6 Å². The lowest BCUT2D eigenvalue weighted by molar-refractivity contribution is 0.243. The first-order chi connectivity index (χ1) is 8.18. The van der Waals surface area contributed by atoms with Crippen LogP contribution in [0.5, 0.6) is 5.75 Å². The van der Waals surface area contributed by atoms with Crippen molar-refractivity contribution in [2.24, 2.45) is 0 Å². The van der Waals surface area contributed by atoms with Crippen molar-refractivity contribution in [2.75, 3.05) is 32.7 Å². The van der Waals surface area contributed by atoms with Crippen LogP contribution in [0.2, 0.25) is 0 Å². The molecule has 1 aromatic carbocycles. The molecule has 0 spiro atoms. The molecule has 0 saturated carbocycles. The lowest BCUT2D eigenvalue weighted by Crippen LogP contribution is -2.44. The van der Waals surface area contributed by atoms with Crippen LogP contribution in [-0.4, -0.2) is 42.7 Å². The van der Waals surface area contributed by atoms with Gasteiger partial charge in [-0.05, 0) is 18.1 Å². The number of piperazine rings is 1. The van der Waals surface area contributed by atoms with E-state index in [4.69, 9.17) is 5.11 Å². The van der Waals surface area contributed by atoms with Gasteiger partial charge in [-0.15, -0.1) is 0 Å². The van der Waals surface area contributed by atoms with E-state index in [-0.39, 0.29) is 0 Å². The van der Waals surface area contributed by atoms with E-state index in [0.29, 0.717) is 18.5 Å². The molecular formula is C12H16F2N2O. The third kappa shape index (κ3) is 2.92. The molecule has 1 heterocycles. The second-order valence-electron chi connectivity index (χ2n) is 4.21. The van der Waals surface area contributed by atoms with E-state index in [1.807, 2.05) is 0 Å². The number of nitrogens with zero attached hydrogens (tertiary/aromatic N) is 1. The van der Waals surface area contributed by atoms with Crippen LogP contribution in [0.3, 0.4) is 0 Å². The summed E-state index contributed by atoms with van der Waals surface area (Å²) in [6.45, 7) is 4.45. The highest BCUT2D eigenvalue weighted by Crippen LogP contribution is 2.21. The molecule has 1 fully saturated rings. The molecule has 0 unspecified atom stereocenters. The van der Waals surface area contributed by atoms with Crippen molar-refractivity contribution in [1.82, 2.24) is 10.2 Å². The van der Waals surface area contributed by atoms with Gasteiger partial charge in [0, 0.05) is 32.7 Å². The summed E-state index contributed by atoms with van der Waals surface area (Å²) in [7, 11) is 0. The number of rotatable bonds is 3. The van der Waals surface area contributed by atoms with Crippen molar-refractivity contribution >= 4 is 0 Å². The quantitative estimate of drug-likeness (QED) is 0.833. The fourth-order valence-electron chi connectivity index (χ4n) is 1.99. The molecule has 17 heavy (non-hydrogen) atoms. The van der Waals surface area contributed by atoms with Crippen LogP contribution < -0.4 is 5.32 Å². The van der Waals surface area contributed by atoms with Gasteiger partial charge in [-0.1, -0.05) is 6.07 Å². The summed E-state index contributed by atoms with van der Waals surface area (Å²) in [4.78, 5) is 2.21. The van der Waals surface area contributed by atoms with Crippen molar-refractivity contribution in [3.05, 3.63) is 29.3 Å². The van der Waals surface area contributed by atoms with Gasteiger partial charge in [0.05, 0.1) is 0 Å². The first-order valence-electron chi connectivity index (χ1n) is 5.77. The molecule has 2 rings (SSSR count). The molecule has 94 valence electrons. The molecule has 1 aromatic rings. The molecule has 5 heteroatoms. The summed E-state index contributed by atoms with van der Waals surface area (Å²) >= 11 is 0. The Bertz CT molecular complexity index is 392. The molecule has 1 aliphatic heterocycles. The van der Waals surface area contributed by atoms with Crippen LogP contribution in [0.4, 0.5) is 8.78 Å². The predicted molar refractivity (Wildman–Crippen MR) is 61.0 cm³/mol. The van der Waals surface area contributed by atoms with E-state index in [9.17, 15) is 8.78 Å². The molecule has 0 aliphatic carbocycles. The van der Waals surface area contributed by atoms with Gasteiger partial charge in [0.15, 0.2) is 11.6 Å². The number of aromatic hydroxyl groups is 1. The van der Waals surface area contributed by atoms with Crippen LogP contribution in [0.25, 0.3) is 0 Å². The fourth-order valence-corrected chi connectivity index (χ4v) is 1.99. The highest BCUT2D eigenvalue weighted by atomic mass is 19.2. The molecule has 2 N–H and O–H groups in total. The predicted octanol–water partition coefficient (Wildman–Crippen LogP) is 1.12. The molecular weight excluding hydrogens is 226 g/mol. The summed E-state index contributed by atoms with van der Waals surface area (Å²) in [5.74, 6) is -2.71. The Labute approximate surface area is 99.1 Å². The van der Waals surface area contributed by atoms with Crippen LogP contribution in [0.15, 0.2) is 12.1 Å². The van der Waals surface area contributed by atoms with Crippen LogP contribution in [0.1, 0.15) is 5.56 Å². The summed E-state index contributed by atoms with van der Waals surface area (Å²) < 4.78 is 26.6. The summed E-state index contributed by atoms with van der Waals surface area (Å²) in [6.07, 6.45) is 0.461.